The Morgan fingerprint density at radius 2 is 2.08 bits per heavy atom. The molecule has 1 aromatic rings. The minimum Gasteiger partial charge on any atom is -0.497 e. The molecular formula is C19H29ClN2O3S. The highest BCUT2D eigenvalue weighted by Gasteiger charge is 2.35. The lowest BCUT2D eigenvalue weighted by molar-refractivity contribution is -0.122. The van der Waals surface area contributed by atoms with Gasteiger partial charge < -0.3 is 20.1 Å². The number of hydrogen-bond donors (Lipinski definition) is 2. The van der Waals surface area contributed by atoms with Gasteiger partial charge in [-0.2, -0.15) is 11.8 Å². The van der Waals surface area contributed by atoms with E-state index in [1.807, 2.05) is 23.9 Å². The second kappa shape index (κ2) is 10.4. The van der Waals surface area contributed by atoms with Crippen LogP contribution in [-0.2, 0) is 14.9 Å². The van der Waals surface area contributed by atoms with Crippen LogP contribution in [0.15, 0.2) is 24.3 Å². The molecule has 0 saturated carbocycles. The predicted molar refractivity (Wildman–Crippen MR) is 109 cm³/mol. The maximum Gasteiger partial charge on any atom is 0.221 e. The lowest BCUT2D eigenvalue weighted by atomic mass is 9.74. The summed E-state index contributed by atoms with van der Waals surface area (Å²) in [5.74, 6) is 3.15. The second-order valence-corrected chi connectivity index (χ2v) is 7.98. The fourth-order valence-corrected chi connectivity index (χ4v) is 4.54. The highest BCUT2D eigenvalue weighted by atomic mass is 35.5. The van der Waals surface area contributed by atoms with Gasteiger partial charge in [-0.05, 0) is 30.5 Å². The Labute approximate surface area is 166 Å². The van der Waals surface area contributed by atoms with Crippen LogP contribution in [0.25, 0.3) is 0 Å². The van der Waals surface area contributed by atoms with Crippen LogP contribution in [0.4, 0.5) is 0 Å². The van der Waals surface area contributed by atoms with Gasteiger partial charge in [0.15, 0.2) is 0 Å². The Morgan fingerprint density at radius 1 is 1.35 bits per heavy atom. The fourth-order valence-electron chi connectivity index (χ4n) is 3.59. The van der Waals surface area contributed by atoms with Gasteiger partial charge in [-0.3, -0.25) is 4.79 Å². The molecular weight excluding hydrogens is 372 g/mol. The molecule has 2 N–H and O–H groups in total. The summed E-state index contributed by atoms with van der Waals surface area (Å²) >= 11 is 1.92. The van der Waals surface area contributed by atoms with Crippen LogP contribution in [-0.4, -0.2) is 56.9 Å². The number of halogens is 1. The van der Waals surface area contributed by atoms with Gasteiger partial charge in [0.25, 0.3) is 0 Å². The number of carbonyl (C=O) groups excluding carboxylic acids is 1. The molecule has 0 radical (unpaired) electrons. The third-order valence-corrected chi connectivity index (χ3v) is 6.34. The van der Waals surface area contributed by atoms with Gasteiger partial charge in [0.1, 0.15) is 5.75 Å². The van der Waals surface area contributed by atoms with Gasteiger partial charge in [-0.15, -0.1) is 12.4 Å². The van der Waals surface area contributed by atoms with Crippen molar-refractivity contribution in [2.75, 3.05) is 44.9 Å². The Kier molecular flexibility index (Phi) is 8.54. The molecule has 1 aromatic carbocycles. The maximum atomic E-state index is 12.4. The van der Waals surface area contributed by atoms with Crippen molar-refractivity contribution in [3.8, 4) is 5.75 Å². The summed E-state index contributed by atoms with van der Waals surface area (Å²) in [6, 6.07) is 8.53. The van der Waals surface area contributed by atoms with Crippen molar-refractivity contribution in [2.24, 2.45) is 0 Å². The number of benzene rings is 1. The summed E-state index contributed by atoms with van der Waals surface area (Å²) in [7, 11) is 1.68. The standard InChI is InChI=1S/C19H28N2O3S.ClH/c1-23-17-4-2-15(3-5-17)19(6-9-24-10-7-19)14-21-18(22)12-16-13-25-11-8-20-16;/h2-5,16,20H,6-14H2,1H3,(H,21,22);1H. The van der Waals surface area contributed by atoms with Crippen LogP contribution < -0.4 is 15.4 Å². The third kappa shape index (κ3) is 5.52. The van der Waals surface area contributed by atoms with E-state index in [1.165, 1.54) is 5.56 Å². The molecule has 2 aliphatic heterocycles. The summed E-state index contributed by atoms with van der Waals surface area (Å²) < 4.78 is 10.8. The zero-order chi connectivity index (χ0) is 17.5. The van der Waals surface area contributed by atoms with Crippen molar-refractivity contribution in [3.05, 3.63) is 29.8 Å². The van der Waals surface area contributed by atoms with Crippen LogP contribution >= 0.6 is 24.2 Å². The van der Waals surface area contributed by atoms with E-state index in [0.717, 1.165) is 49.9 Å². The highest BCUT2D eigenvalue weighted by Crippen LogP contribution is 2.35. The number of ether oxygens (including phenoxy) is 2. The molecule has 1 atom stereocenters. The minimum absolute atomic E-state index is 0. The van der Waals surface area contributed by atoms with Gasteiger partial charge in [0, 0.05) is 55.7 Å². The SMILES string of the molecule is COc1ccc(C2(CNC(=O)CC3CSCCN3)CCOCC2)cc1.Cl. The first-order valence-electron chi connectivity index (χ1n) is 9.02. The summed E-state index contributed by atoms with van der Waals surface area (Å²) in [5.41, 5.74) is 1.21. The van der Waals surface area contributed by atoms with Crippen LogP contribution in [0.1, 0.15) is 24.8 Å². The van der Waals surface area contributed by atoms with E-state index < -0.39 is 0 Å². The maximum absolute atomic E-state index is 12.4. The Bertz CT molecular complexity index is 558. The first-order chi connectivity index (χ1) is 12.2. The number of hydrogen-bond acceptors (Lipinski definition) is 5. The van der Waals surface area contributed by atoms with Gasteiger partial charge in [-0.25, -0.2) is 0 Å². The average Bonchev–Trinajstić information content (AvgIpc) is 2.68. The predicted octanol–water partition coefficient (Wildman–Crippen LogP) is 2.38. The first kappa shape index (κ1) is 21.4. The lowest BCUT2D eigenvalue weighted by Gasteiger charge is -2.38. The molecule has 2 fully saturated rings. The van der Waals surface area contributed by atoms with Crippen LogP contribution in [0.2, 0.25) is 0 Å². The second-order valence-electron chi connectivity index (χ2n) is 6.83. The molecule has 0 aromatic heterocycles. The summed E-state index contributed by atoms with van der Waals surface area (Å²) in [5, 5.41) is 6.62. The highest BCUT2D eigenvalue weighted by molar-refractivity contribution is 7.99. The zero-order valence-corrected chi connectivity index (χ0v) is 16.9. The van der Waals surface area contributed by atoms with Crippen molar-refractivity contribution in [1.29, 1.82) is 0 Å². The Balaban J connectivity index is 0.00000243. The molecule has 2 aliphatic rings. The average molecular weight is 401 g/mol. The Hall–Kier alpha value is -0.950. The number of amides is 1. The van der Waals surface area contributed by atoms with Crippen molar-refractivity contribution in [3.63, 3.8) is 0 Å². The topological polar surface area (TPSA) is 59.6 Å². The Morgan fingerprint density at radius 3 is 2.69 bits per heavy atom. The number of nitrogens with one attached hydrogen (secondary N) is 2. The third-order valence-electron chi connectivity index (χ3n) is 5.21. The normalized spacial score (nSPS) is 22.1. The van der Waals surface area contributed by atoms with E-state index in [1.54, 1.807) is 7.11 Å². The molecule has 2 heterocycles. The summed E-state index contributed by atoms with van der Waals surface area (Å²) in [4.78, 5) is 12.4. The first-order valence-corrected chi connectivity index (χ1v) is 10.2. The molecule has 0 aliphatic carbocycles. The van der Waals surface area contributed by atoms with Crippen molar-refractivity contribution < 1.29 is 14.3 Å². The molecule has 7 heteroatoms. The van der Waals surface area contributed by atoms with E-state index in [9.17, 15) is 4.79 Å². The monoisotopic (exact) mass is 400 g/mol. The van der Waals surface area contributed by atoms with Gasteiger partial charge >= 0.3 is 0 Å². The van der Waals surface area contributed by atoms with Gasteiger partial charge in [0.05, 0.1) is 7.11 Å². The van der Waals surface area contributed by atoms with Gasteiger partial charge in [0.2, 0.25) is 5.91 Å². The quantitative estimate of drug-likeness (QED) is 0.767. The molecule has 5 nitrogen and oxygen atoms in total. The molecule has 0 bridgehead atoms. The van der Waals surface area contributed by atoms with Crippen molar-refractivity contribution >= 4 is 30.1 Å². The number of thioether (sulfide) groups is 1. The minimum atomic E-state index is -0.0467. The molecule has 146 valence electrons. The van der Waals surface area contributed by atoms with Crippen molar-refractivity contribution in [2.45, 2.75) is 30.7 Å². The van der Waals surface area contributed by atoms with E-state index in [2.05, 4.69) is 22.8 Å². The van der Waals surface area contributed by atoms with E-state index in [4.69, 9.17) is 9.47 Å². The fraction of sp³-hybridized carbons (Fsp3) is 0.632. The molecule has 1 unspecified atom stereocenters. The van der Waals surface area contributed by atoms with E-state index in [-0.39, 0.29) is 23.7 Å². The molecule has 26 heavy (non-hydrogen) atoms. The number of methoxy groups -OCH3 is 1. The summed E-state index contributed by atoms with van der Waals surface area (Å²) in [6.07, 6.45) is 2.41. The zero-order valence-electron chi connectivity index (χ0n) is 15.3. The van der Waals surface area contributed by atoms with Gasteiger partial charge in [-0.1, -0.05) is 12.1 Å². The van der Waals surface area contributed by atoms with E-state index >= 15 is 0 Å². The van der Waals surface area contributed by atoms with Crippen LogP contribution in [0.3, 0.4) is 0 Å². The van der Waals surface area contributed by atoms with Crippen LogP contribution in [0, 0.1) is 0 Å². The lowest BCUT2D eigenvalue weighted by Crippen LogP contribution is -2.47. The molecule has 0 spiro atoms. The van der Waals surface area contributed by atoms with Crippen molar-refractivity contribution in [1.82, 2.24) is 10.6 Å². The number of carbonyl (C=O) groups is 1. The summed E-state index contributed by atoms with van der Waals surface area (Å²) in [6.45, 7) is 3.14. The molecule has 2 saturated heterocycles. The van der Waals surface area contributed by atoms with Crippen LogP contribution in [0.5, 0.6) is 5.75 Å². The molecule has 1 amide bonds. The number of rotatable bonds is 6. The smallest absolute Gasteiger partial charge is 0.221 e. The van der Waals surface area contributed by atoms with E-state index in [0.29, 0.717) is 19.0 Å². The largest absolute Gasteiger partial charge is 0.497 e. The molecule has 3 rings (SSSR count).